The third kappa shape index (κ3) is 3.69. The lowest BCUT2D eigenvalue weighted by Crippen LogP contribution is -2.10. The van der Waals surface area contributed by atoms with Crippen molar-refractivity contribution in [3.63, 3.8) is 0 Å². The van der Waals surface area contributed by atoms with E-state index in [1.54, 1.807) is 18.9 Å². The monoisotopic (exact) mass is 307 g/mol. The van der Waals surface area contributed by atoms with Crippen molar-refractivity contribution in [1.29, 1.82) is 0 Å². The molecule has 0 aliphatic carbocycles. The summed E-state index contributed by atoms with van der Waals surface area (Å²) in [7, 11) is 1.69. The van der Waals surface area contributed by atoms with Crippen molar-refractivity contribution < 1.29 is 4.74 Å². The van der Waals surface area contributed by atoms with E-state index in [0.29, 0.717) is 6.54 Å². The molecule has 0 amide bonds. The van der Waals surface area contributed by atoms with E-state index in [-0.39, 0.29) is 5.25 Å². The fourth-order valence-corrected chi connectivity index (χ4v) is 3.45. The molecule has 0 aliphatic rings. The van der Waals surface area contributed by atoms with Crippen molar-refractivity contribution in [1.82, 2.24) is 0 Å². The Morgan fingerprint density at radius 3 is 2.55 bits per heavy atom. The Hall–Kier alpha value is -1.16. The standard InChI is InChI=1S/C16H18ClNOS/c1-19-15-9-5-3-7-13(15)16(10-18)20-11-12-6-2-4-8-14(12)17/h2-9,16H,10-11,18H2,1H3. The first-order chi connectivity index (χ1) is 9.76. The molecule has 4 heteroatoms. The fourth-order valence-electron chi connectivity index (χ4n) is 2.02. The van der Waals surface area contributed by atoms with E-state index in [0.717, 1.165) is 27.7 Å². The van der Waals surface area contributed by atoms with Crippen LogP contribution in [0, 0.1) is 0 Å². The predicted octanol–water partition coefficient (Wildman–Crippen LogP) is 4.28. The molecule has 2 N–H and O–H groups in total. The third-order valence-electron chi connectivity index (χ3n) is 3.10. The average molecular weight is 308 g/mol. The summed E-state index contributed by atoms with van der Waals surface area (Å²) >= 11 is 7.97. The molecule has 0 aliphatic heterocycles. The number of halogens is 1. The van der Waals surface area contributed by atoms with Crippen LogP contribution in [0.5, 0.6) is 5.75 Å². The van der Waals surface area contributed by atoms with Gasteiger partial charge in [0.1, 0.15) is 5.75 Å². The van der Waals surface area contributed by atoms with Crippen LogP contribution in [-0.4, -0.2) is 13.7 Å². The molecule has 0 bridgehead atoms. The van der Waals surface area contributed by atoms with Crippen molar-refractivity contribution in [3.8, 4) is 5.75 Å². The maximum atomic E-state index is 6.19. The number of para-hydroxylation sites is 1. The van der Waals surface area contributed by atoms with Gasteiger partial charge in [-0.3, -0.25) is 0 Å². The molecule has 0 fully saturated rings. The van der Waals surface area contributed by atoms with Crippen molar-refractivity contribution in [2.75, 3.05) is 13.7 Å². The molecule has 0 radical (unpaired) electrons. The molecule has 0 heterocycles. The summed E-state index contributed by atoms with van der Waals surface area (Å²) in [6.07, 6.45) is 0. The van der Waals surface area contributed by atoms with Gasteiger partial charge in [-0.2, -0.15) is 0 Å². The van der Waals surface area contributed by atoms with Gasteiger partial charge in [-0.1, -0.05) is 48.0 Å². The van der Waals surface area contributed by atoms with Crippen LogP contribution in [-0.2, 0) is 5.75 Å². The normalized spacial score (nSPS) is 12.2. The van der Waals surface area contributed by atoms with Crippen LogP contribution in [0.25, 0.3) is 0 Å². The van der Waals surface area contributed by atoms with E-state index in [4.69, 9.17) is 22.1 Å². The van der Waals surface area contributed by atoms with E-state index >= 15 is 0 Å². The lowest BCUT2D eigenvalue weighted by molar-refractivity contribution is 0.409. The molecule has 2 aromatic rings. The summed E-state index contributed by atoms with van der Waals surface area (Å²) in [5.41, 5.74) is 8.19. The van der Waals surface area contributed by atoms with E-state index < -0.39 is 0 Å². The average Bonchev–Trinajstić information content (AvgIpc) is 2.50. The van der Waals surface area contributed by atoms with Gasteiger partial charge in [0.2, 0.25) is 0 Å². The van der Waals surface area contributed by atoms with Gasteiger partial charge in [-0.25, -0.2) is 0 Å². The van der Waals surface area contributed by atoms with E-state index in [1.807, 2.05) is 42.5 Å². The second-order valence-corrected chi connectivity index (χ2v) is 5.97. The number of hydrogen-bond acceptors (Lipinski definition) is 3. The van der Waals surface area contributed by atoms with Crippen molar-refractivity contribution in [2.24, 2.45) is 5.73 Å². The van der Waals surface area contributed by atoms with Crippen molar-refractivity contribution in [2.45, 2.75) is 11.0 Å². The summed E-state index contributed by atoms with van der Waals surface area (Å²) in [6, 6.07) is 15.9. The first kappa shape index (κ1) is 15.2. The molecular formula is C16H18ClNOS. The zero-order chi connectivity index (χ0) is 14.4. The molecule has 0 saturated heterocycles. The third-order valence-corrected chi connectivity index (χ3v) is 4.79. The molecule has 1 atom stereocenters. The Morgan fingerprint density at radius 2 is 1.85 bits per heavy atom. The van der Waals surface area contributed by atoms with Crippen molar-refractivity contribution in [3.05, 3.63) is 64.7 Å². The van der Waals surface area contributed by atoms with Gasteiger partial charge in [0.05, 0.1) is 7.11 Å². The van der Waals surface area contributed by atoms with E-state index in [9.17, 15) is 0 Å². The molecule has 106 valence electrons. The van der Waals surface area contributed by atoms with E-state index in [1.165, 1.54) is 0 Å². The lowest BCUT2D eigenvalue weighted by atomic mass is 10.1. The first-order valence-electron chi connectivity index (χ1n) is 6.44. The Labute approximate surface area is 129 Å². The number of thioether (sulfide) groups is 1. The van der Waals surface area contributed by atoms with Gasteiger partial charge in [0.15, 0.2) is 0 Å². The SMILES string of the molecule is COc1ccccc1C(CN)SCc1ccccc1Cl. The highest BCUT2D eigenvalue weighted by molar-refractivity contribution is 7.98. The molecule has 0 aromatic heterocycles. The summed E-state index contributed by atoms with van der Waals surface area (Å²) in [5.74, 6) is 1.72. The zero-order valence-electron chi connectivity index (χ0n) is 11.4. The first-order valence-corrected chi connectivity index (χ1v) is 7.87. The fraction of sp³-hybridized carbons (Fsp3) is 0.250. The quantitative estimate of drug-likeness (QED) is 0.865. The van der Waals surface area contributed by atoms with Gasteiger partial charge < -0.3 is 10.5 Å². The van der Waals surface area contributed by atoms with Crippen LogP contribution in [0.15, 0.2) is 48.5 Å². The van der Waals surface area contributed by atoms with Crippen LogP contribution < -0.4 is 10.5 Å². The molecule has 0 saturated carbocycles. The number of rotatable bonds is 6. The van der Waals surface area contributed by atoms with Gasteiger partial charge in [-0.05, 0) is 17.7 Å². The predicted molar refractivity (Wildman–Crippen MR) is 87.5 cm³/mol. The largest absolute Gasteiger partial charge is 0.496 e. The number of nitrogens with two attached hydrogens (primary N) is 1. The van der Waals surface area contributed by atoms with Crippen LogP contribution in [0.1, 0.15) is 16.4 Å². The molecule has 20 heavy (non-hydrogen) atoms. The van der Waals surface area contributed by atoms with E-state index in [2.05, 4.69) is 6.07 Å². The maximum absolute atomic E-state index is 6.19. The molecule has 2 aromatic carbocycles. The zero-order valence-corrected chi connectivity index (χ0v) is 13.0. The Bertz CT molecular complexity index is 562. The van der Waals surface area contributed by atoms with Crippen LogP contribution in [0.4, 0.5) is 0 Å². The molecule has 2 rings (SSSR count). The highest BCUT2D eigenvalue weighted by Crippen LogP contribution is 2.36. The summed E-state index contributed by atoms with van der Waals surface area (Å²) in [5, 5.41) is 0.998. The minimum atomic E-state index is 0.197. The second-order valence-electron chi connectivity index (χ2n) is 4.37. The van der Waals surface area contributed by atoms with Gasteiger partial charge in [0, 0.05) is 28.1 Å². The summed E-state index contributed by atoms with van der Waals surface area (Å²) in [4.78, 5) is 0. The van der Waals surface area contributed by atoms with Gasteiger partial charge in [0.25, 0.3) is 0 Å². The molecule has 1 unspecified atom stereocenters. The minimum Gasteiger partial charge on any atom is -0.496 e. The van der Waals surface area contributed by atoms with Crippen LogP contribution in [0.2, 0.25) is 5.02 Å². The minimum absolute atomic E-state index is 0.197. The molecule has 0 spiro atoms. The van der Waals surface area contributed by atoms with Crippen molar-refractivity contribution >= 4 is 23.4 Å². The smallest absolute Gasteiger partial charge is 0.123 e. The second kappa shape index (κ2) is 7.58. The number of hydrogen-bond donors (Lipinski definition) is 1. The molecular weight excluding hydrogens is 290 g/mol. The summed E-state index contributed by atoms with van der Waals surface area (Å²) in [6.45, 7) is 0.565. The highest BCUT2D eigenvalue weighted by Gasteiger charge is 2.15. The lowest BCUT2D eigenvalue weighted by Gasteiger charge is -2.18. The number of benzene rings is 2. The Balaban J connectivity index is 2.11. The Kier molecular flexibility index (Phi) is 5.77. The number of ether oxygens (including phenoxy) is 1. The molecule has 2 nitrogen and oxygen atoms in total. The van der Waals surface area contributed by atoms with Crippen LogP contribution in [0.3, 0.4) is 0 Å². The Morgan fingerprint density at radius 1 is 1.15 bits per heavy atom. The highest BCUT2D eigenvalue weighted by atomic mass is 35.5. The number of methoxy groups -OCH3 is 1. The van der Waals surface area contributed by atoms with Gasteiger partial charge in [-0.15, -0.1) is 11.8 Å². The van der Waals surface area contributed by atoms with Crippen LogP contribution >= 0.6 is 23.4 Å². The van der Waals surface area contributed by atoms with Gasteiger partial charge >= 0.3 is 0 Å². The summed E-state index contributed by atoms with van der Waals surface area (Å²) < 4.78 is 5.41. The maximum Gasteiger partial charge on any atom is 0.123 e. The topological polar surface area (TPSA) is 35.2 Å².